The van der Waals surface area contributed by atoms with E-state index in [1.54, 1.807) is 19.9 Å². The van der Waals surface area contributed by atoms with Gasteiger partial charge in [0.25, 0.3) is 0 Å². The summed E-state index contributed by atoms with van der Waals surface area (Å²) >= 11 is 0. The molecule has 1 aromatic heterocycles. The topological polar surface area (TPSA) is 59.3 Å². The lowest BCUT2D eigenvalue weighted by Gasteiger charge is -2.26. The molecule has 0 saturated heterocycles. The average molecular weight is 271 g/mol. The van der Waals surface area contributed by atoms with Crippen LogP contribution in [-0.4, -0.2) is 20.9 Å². The third-order valence-corrected chi connectivity index (χ3v) is 4.78. The number of amides is 1. The van der Waals surface area contributed by atoms with E-state index in [1.807, 2.05) is 20.8 Å². The maximum Gasteiger partial charge on any atom is 0.236 e. The quantitative estimate of drug-likeness (QED) is 0.894. The molecular formula is C13H21NO3S. The Balaban J connectivity index is 2.76. The summed E-state index contributed by atoms with van der Waals surface area (Å²) in [7, 11) is -1.38. The van der Waals surface area contributed by atoms with Crippen LogP contribution in [0.5, 0.6) is 0 Å². The monoisotopic (exact) mass is 271 g/mol. The lowest BCUT2D eigenvalue weighted by atomic mass is 10.0. The molecule has 1 aromatic rings. The first-order chi connectivity index (χ1) is 8.28. The van der Waals surface area contributed by atoms with Gasteiger partial charge in [0.15, 0.2) is 0 Å². The SMILES string of the molecule is CCC(C)(C)NC(=O)[C@H](C)[S@](=O)c1ccoc1C. The third kappa shape index (κ3) is 3.45. The molecule has 1 rings (SSSR count). The number of hydrogen-bond donors (Lipinski definition) is 1. The van der Waals surface area contributed by atoms with Crippen LogP contribution in [0.2, 0.25) is 0 Å². The van der Waals surface area contributed by atoms with E-state index in [1.165, 1.54) is 6.26 Å². The molecule has 0 unspecified atom stereocenters. The lowest BCUT2D eigenvalue weighted by molar-refractivity contribution is -0.121. The van der Waals surface area contributed by atoms with E-state index >= 15 is 0 Å². The Hall–Kier alpha value is -1.10. The Kier molecular flexibility index (Phi) is 4.73. The van der Waals surface area contributed by atoms with Gasteiger partial charge in [-0.2, -0.15) is 0 Å². The van der Waals surface area contributed by atoms with Gasteiger partial charge in [0.05, 0.1) is 22.0 Å². The summed E-state index contributed by atoms with van der Waals surface area (Å²) in [6.45, 7) is 9.31. The minimum absolute atomic E-state index is 0.194. The van der Waals surface area contributed by atoms with Crippen LogP contribution in [0.1, 0.15) is 39.9 Å². The predicted octanol–water partition coefficient (Wildman–Crippen LogP) is 2.39. The van der Waals surface area contributed by atoms with Crippen molar-refractivity contribution in [1.82, 2.24) is 5.32 Å². The number of carbonyl (C=O) groups is 1. The van der Waals surface area contributed by atoms with Crippen molar-refractivity contribution in [3.05, 3.63) is 18.1 Å². The summed E-state index contributed by atoms with van der Waals surface area (Å²) < 4.78 is 17.3. The molecule has 0 fully saturated rings. The number of hydrogen-bond acceptors (Lipinski definition) is 3. The van der Waals surface area contributed by atoms with Gasteiger partial charge in [-0.3, -0.25) is 9.00 Å². The molecule has 0 spiro atoms. The fourth-order valence-corrected chi connectivity index (χ4v) is 2.55. The van der Waals surface area contributed by atoms with Crippen molar-refractivity contribution < 1.29 is 13.4 Å². The van der Waals surface area contributed by atoms with E-state index in [9.17, 15) is 9.00 Å². The molecule has 2 atom stereocenters. The maximum atomic E-state index is 12.2. The second-order valence-corrected chi connectivity index (χ2v) is 6.75. The molecule has 4 nitrogen and oxygen atoms in total. The normalized spacial score (nSPS) is 15.2. The van der Waals surface area contributed by atoms with Gasteiger partial charge in [0.2, 0.25) is 5.91 Å². The summed E-state index contributed by atoms with van der Waals surface area (Å²) in [5, 5.41) is 2.31. The standard InChI is InChI=1S/C13H21NO3S/c1-6-13(4,5)14-12(15)10(3)18(16)11-7-8-17-9(11)2/h7-8,10H,6H2,1-5H3,(H,14,15)/t10-,18-/m0/s1. The Morgan fingerprint density at radius 3 is 2.61 bits per heavy atom. The molecule has 1 amide bonds. The van der Waals surface area contributed by atoms with Crippen molar-refractivity contribution in [2.24, 2.45) is 0 Å². The van der Waals surface area contributed by atoms with Crippen molar-refractivity contribution >= 4 is 16.7 Å². The van der Waals surface area contributed by atoms with Crippen molar-refractivity contribution in [2.75, 3.05) is 0 Å². The summed E-state index contributed by atoms with van der Waals surface area (Å²) in [4.78, 5) is 12.6. The molecule has 5 heteroatoms. The van der Waals surface area contributed by atoms with E-state index in [0.29, 0.717) is 10.7 Å². The van der Waals surface area contributed by atoms with Gasteiger partial charge in [-0.25, -0.2) is 0 Å². The maximum absolute atomic E-state index is 12.2. The molecule has 1 heterocycles. The largest absolute Gasteiger partial charge is 0.468 e. The van der Waals surface area contributed by atoms with Crippen LogP contribution in [0.4, 0.5) is 0 Å². The molecule has 102 valence electrons. The number of rotatable bonds is 5. The second kappa shape index (κ2) is 5.69. The molecule has 0 aliphatic carbocycles. The smallest absolute Gasteiger partial charge is 0.236 e. The van der Waals surface area contributed by atoms with E-state index in [2.05, 4.69) is 5.32 Å². The van der Waals surface area contributed by atoms with Gasteiger partial charge in [0, 0.05) is 5.54 Å². The van der Waals surface area contributed by atoms with Crippen LogP contribution >= 0.6 is 0 Å². The van der Waals surface area contributed by atoms with E-state index < -0.39 is 16.0 Å². The van der Waals surface area contributed by atoms with E-state index in [0.717, 1.165) is 6.42 Å². The minimum Gasteiger partial charge on any atom is -0.468 e. The number of carbonyl (C=O) groups excluding carboxylic acids is 1. The summed E-state index contributed by atoms with van der Waals surface area (Å²) in [5.41, 5.74) is -0.277. The zero-order chi connectivity index (χ0) is 13.9. The molecule has 18 heavy (non-hydrogen) atoms. The average Bonchev–Trinajstić information content (AvgIpc) is 2.73. The van der Waals surface area contributed by atoms with Crippen molar-refractivity contribution in [3.8, 4) is 0 Å². The van der Waals surface area contributed by atoms with Crippen LogP contribution < -0.4 is 5.32 Å². The van der Waals surface area contributed by atoms with E-state index in [-0.39, 0.29) is 11.4 Å². The van der Waals surface area contributed by atoms with Crippen molar-refractivity contribution in [2.45, 2.75) is 56.7 Å². The summed E-state index contributed by atoms with van der Waals surface area (Å²) in [6.07, 6.45) is 2.31. The fraction of sp³-hybridized carbons (Fsp3) is 0.615. The molecule has 0 bridgehead atoms. The fourth-order valence-electron chi connectivity index (χ4n) is 1.39. The Morgan fingerprint density at radius 2 is 2.17 bits per heavy atom. The molecular weight excluding hydrogens is 250 g/mol. The van der Waals surface area contributed by atoms with Gasteiger partial charge < -0.3 is 9.73 Å². The summed E-state index contributed by atoms with van der Waals surface area (Å²) in [6, 6.07) is 1.65. The van der Waals surface area contributed by atoms with Gasteiger partial charge in [0.1, 0.15) is 11.0 Å². The Labute approximate surface area is 111 Å². The van der Waals surface area contributed by atoms with Crippen LogP contribution in [0.25, 0.3) is 0 Å². The van der Waals surface area contributed by atoms with Crippen molar-refractivity contribution in [3.63, 3.8) is 0 Å². The van der Waals surface area contributed by atoms with Gasteiger partial charge in [-0.15, -0.1) is 0 Å². The Bertz CT molecular complexity index is 451. The van der Waals surface area contributed by atoms with Gasteiger partial charge >= 0.3 is 0 Å². The first-order valence-electron chi connectivity index (χ1n) is 6.05. The molecule has 0 aliphatic heterocycles. The van der Waals surface area contributed by atoms with Crippen LogP contribution in [0, 0.1) is 6.92 Å². The highest BCUT2D eigenvalue weighted by Gasteiger charge is 2.27. The third-order valence-electron chi connectivity index (χ3n) is 3.06. The highest BCUT2D eigenvalue weighted by atomic mass is 32.2. The highest BCUT2D eigenvalue weighted by Crippen LogP contribution is 2.18. The van der Waals surface area contributed by atoms with Crippen LogP contribution in [0.15, 0.2) is 21.6 Å². The second-order valence-electron chi connectivity index (χ2n) is 5.01. The zero-order valence-electron chi connectivity index (χ0n) is 11.6. The highest BCUT2D eigenvalue weighted by molar-refractivity contribution is 7.86. The van der Waals surface area contributed by atoms with Crippen LogP contribution in [0.3, 0.4) is 0 Å². The zero-order valence-corrected chi connectivity index (χ0v) is 12.4. The minimum atomic E-state index is -1.38. The molecule has 0 radical (unpaired) electrons. The molecule has 0 aromatic carbocycles. The first-order valence-corrected chi connectivity index (χ1v) is 7.26. The number of nitrogens with one attached hydrogen (secondary N) is 1. The molecule has 0 saturated carbocycles. The van der Waals surface area contributed by atoms with Gasteiger partial charge in [-0.1, -0.05) is 6.92 Å². The first kappa shape index (κ1) is 15.0. The van der Waals surface area contributed by atoms with Crippen LogP contribution in [-0.2, 0) is 15.6 Å². The molecule has 0 aliphatic rings. The lowest BCUT2D eigenvalue weighted by Crippen LogP contribution is -2.47. The number of aryl methyl sites for hydroxylation is 1. The molecule has 1 N–H and O–H groups in total. The van der Waals surface area contributed by atoms with E-state index in [4.69, 9.17) is 4.42 Å². The predicted molar refractivity (Wildman–Crippen MR) is 71.8 cm³/mol. The van der Waals surface area contributed by atoms with Gasteiger partial charge in [-0.05, 0) is 40.2 Å². The Morgan fingerprint density at radius 1 is 1.56 bits per heavy atom. The van der Waals surface area contributed by atoms with Crippen molar-refractivity contribution in [1.29, 1.82) is 0 Å². The summed E-state index contributed by atoms with van der Waals surface area (Å²) in [5.74, 6) is 0.406. The number of furan rings is 1.